The molecule has 0 aliphatic carbocycles. The summed E-state index contributed by atoms with van der Waals surface area (Å²) in [6.45, 7) is 0.421. The van der Waals surface area contributed by atoms with Crippen molar-refractivity contribution in [2.75, 3.05) is 5.32 Å². The number of amides is 1. The lowest BCUT2D eigenvalue weighted by Crippen LogP contribution is -2.17. The minimum atomic E-state index is -0.274. The van der Waals surface area contributed by atoms with Crippen LogP contribution in [0.5, 0.6) is 0 Å². The first-order valence-electron chi connectivity index (χ1n) is 8.43. The number of anilines is 1. The molecular formula is C20H15ClN4O2S. The molecule has 1 aromatic carbocycles. The van der Waals surface area contributed by atoms with Crippen molar-refractivity contribution in [3.63, 3.8) is 0 Å². The van der Waals surface area contributed by atoms with Crippen molar-refractivity contribution in [1.82, 2.24) is 14.8 Å². The molecule has 1 N–H and O–H groups in total. The minimum Gasteiger partial charge on any atom is -0.467 e. The summed E-state index contributed by atoms with van der Waals surface area (Å²) in [4.78, 5) is 18.1. The van der Waals surface area contributed by atoms with E-state index in [-0.39, 0.29) is 5.91 Å². The fourth-order valence-corrected chi connectivity index (χ4v) is 3.73. The first kappa shape index (κ1) is 18.3. The van der Waals surface area contributed by atoms with E-state index in [2.05, 4.69) is 15.4 Å². The van der Waals surface area contributed by atoms with Gasteiger partial charge in [0.2, 0.25) is 0 Å². The van der Waals surface area contributed by atoms with Gasteiger partial charge in [-0.3, -0.25) is 4.79 Å². The quantitative estimate of drug-likeness (QED) is 0.485. The van der Waals surface area contributed by atoms with E-state index in [1.807, 2.05) is 30.3 Å². The van der Waals surface area contributed by atoms with Gasteiger partial charge in [0.05, 0.1) is 23.0 Å². The highest BCUT2D eigenvalue weighted by Crippen LogP contribution is 2.33. The zero-order valence-corrected chi connectivity index (χ0v) is 16.2. The Morgan fingerprint density at radius 3 is 2.82 bits per heavy atom. The molecule has 3 heterocycles. The Bertz CT molecular complexity index is 1100. The molecule has 0 radical (unpaired) electrons. The number of aromatic nitrogens is 3. The highest BCUT2D eigenvalue weighted by Gasteiger charge is 2.16. The van der Waals surface area contributed by atoms with Gasteiger partial charge < -0.3 is 9.73 Å². The summed E-state index contributed by atoms with van der Waals surface area (Å²) in [6, 6.07) is 16.3. The molecule has 0 unspecified atom stereocenters. The predicted molar refractivity (Wildman–Crippen MR) is 108 cm³/mol. The van der Waals surface area contributed by atoms with Crippen molar-refractivity contribution in [1.29, 1.82) is 0 Å². The van der Waals surface area contributed by atoms with E-state index in [1.165, 1.54) is 11.8 Å². The molecular weight excluding hydrogens is 396 g/mol. The van der Waals surface area contributed by atoms with Crippen LogP contribution in [0.2, 0.25) is 5.02 Å². The molecule has 0 aliphatic rings. The molecule has 0 bridgehead atoms. The van der Waals surface area contributed by atoms with E-state index in [0.29, 0.717) is 28.0 Å². The van der Waals surface area contributed by atoms with Gasteiger partial charge in [0.15, 0.2) is 0 Å². The summed E-state index contributed by atoms with van der Waals surface area (Å²) in [7, 11) is 0. The van der Waals surface area contributed by atoms with E-state index in [0.717, 1.165) is 10.7 Å². The molecule has 0 saturated carbocycles. The topological polar surface area (TPSA) is 73.0 Å². The maximum atomic E-state index is 12.9. The molecule has 0 spiro atoms. The molecule has 6 nitrogen and oxygen atoms in total. The van der Waals surface area contributed by atoms with E-state index < -0.39 is 0 Å². The number of hydrogen-bond acceptors (Lipinski definition) is 5. The number of nitrogens with one attached hydrogen (secondary N) is 1. The second kappa shape index (κ2) is 8.33. The standard InChI is InChI=1S/C20H15ClN4O2S/c21-16-7-1-2-8-17(16)28-20-15(6-3-10-22-20)19(26)24-18-9-11-23-25(18)13-14-5-4-12-27-14/h1-12H,13H2,(H,24,26). The van der Waals surface area contributed by atoms with Gasteiger partial charge in [-0.25, -0.2) is 9.67 Å². The SMILES string of the molecule is O=C(Nc1ccnn1Cc1ccco1)c1cccnc1Sc1ccccc1Cl. The minimum absolute atomic E-state index is 0.274. The maximum absolute atomic E-state index is 12.9. The normalized spacial score (nSPS) is 10.8. The van der Waals surface area contributed by atoms with Crippen molar-refractivity contribution < 1.29 is 9.21 Å². The van der Waals surface area contributed by atoms with Gasteiger partial charge in [0.1, 0.15) is 23.1 Å². The molecule has 1 amide bonds. The molecule has 0 atom stereocenters. The summed E-state index contributed by atoms with van der Waals surface area (Å²) in [5.41, 5.74) is 0.457. The number of rotatable bonds is 6. The second-order valence-electron chi connectivity index (χ2n) is 5.80. The van der Waals surface area contributed by atoms with Crippen LogP contribution in [0.4, 0.5) is 5.82 Å². The van der Waals surface area contributed by atoms with Gasteiger partial charge in [-0.1, -0.05) is 35.5 Å². The summed E-state index contributed by atoms with van der Waals surface area (Å²) in [5, 5.41) is 8.32. The van der Waals surface area contributed by atoms with Gasteiger partial charge >= 0.3 is 0 Å². The van der Waals surface area contributed by atoms with Gasteiger partial charge in [-0.2, -0.15) is 5.10 Å². The molecule has 0 saturated heterocycles. The number of furan rings is 1. The molecule has 28 heavy (non-hydrogen) atoms. The van der Waals surface area contributed by atoms with Crippen molar-refractivity contribution in [2.45, 2.75) is 16.5 Å². The lowest BCUT2D eigenvalue weighted by atomic mass is 10.2. The number of benzene rings is 1. The van der Waals surface area contributed by atoms with Gasteiger partial charge in [0, 0.05) is 17.2 Å². The Hall–Kier alpha value is -3.03. The van der Waals surface area contributed by atoms with Crippen LogP contribution in [0.15, 0.2) is 87.6 Å². The van der Waals surface area contributed by atoms with E-state index in [4.69, 9.17) is 16.0 Å². The predicted octanol–water partition coefficient (Wildman–Crippen LogP) is 4.98. The fourth-order valence-electron chi connectivity index (χ4n) is 2.58. The Balaban J connectivity index is 1.55. The number of nitrogens with zero attached hydrogens (tertiary/aromatic N) is 3. The third-order valence-electron chi connectivity index (χ3n) is 3.90. The third kappa shape index (κ3) is 4.11. The molecule has 0 fully saturated rings. The zero-order valence-electron chi connectivity index (χ0n) is 14.6. The lowest BCUT2D eigenvalue weighted by molar-refractivity contribution is 0.102. The number of carbonyl (C=O) groups excluding carboxylic acids is 1. The second-order valence-corrected chi connectivity index (χ2v) is 7.23. The Labute approximate surface area is 170 Å². The van der Waals surface area contributed by atoms with Crippen molar-refractivity contribution >= 4 is 35.1 Å². The largest absolute Gasteiger partial charge is 0.467 e. The van der Waals surface area contributed by atoms with Crippen LogP contribution >= 0.6 is 23.4 Å². The van der Waals surface area contributed by atoms with E-state index >= 15 is 0 Å². The van der Waals surface area contributed by atoms with Crippen LogP contribution in [0, 0.1) is 0 Å². The highest BCUT2D eigenvalue weighted by atomic mass is 35.5. The molecule has 0 aliphatic heterocycles. The van der Waals surface area contributed by atoms with Gasteiger partial charge in [0.25, 0.3) is 5.91 Å². The van der Waals surface area contributed by atoms with Crippen molar-refractivity contribution in [3.05, 3.63) is 89.6 Å². The van der Waals surface area contributed by atoms with Crippen molar-refractivity contribution in [3.8, 4) is 0 Å². The average molecular weight is 411 g/mol. The van der Waals surface area contributed by atoms with Gasteiger partial charge in [-0.15, -0.1) is 0 Å². The molecule has 8 heteroatoms. The number of hydrogen-bond donors (Lipinski definition) is 1. The van der Waals surface area contributed by atoms with Crippen LogP contribution in [-0.2, 0) is 6.54 Å². The molecule has 4 aromatic rings. The maximum Gasteiger partial charge on any atom is 0.259 e. The van der Waals surface area contributed by atoms with Gasteiger partial charge in [-0.05, 0) is 36.4 Å². The van der Waals surface area contributed by atoms with E-state index in [1.54, 1.807) is 47.6 Å². The number of carbonyl (C=O) groups is 1. The van der Waals surface area contributed by atoms with Crippen LogP contribution in [-0.4, -0.2) is 20.7 Å². The van der Waals surface area contributed by atoms with Crippen LogP contribution in [0.3, 0.4) is 0 Å². The monoisotopic (exact) mass is 410 g/mol. The molecule has 140 valence electrons. The smallest absolute Gasteiger partial charge is 0.259 e. The van der Waals surface area contributed by atoms with Crippen molar-refractivity contribution in [2.24, 2.45) is 0 Å². The summed E-state index contributed by atoms with van der Waals surface area (Å²) < 4.78 is 7.01. The Morgan fingerprint density at radius 1 is 1.11 bits per heavy atom. The summed E-state index contributed by atoms with van der Waals surface area (Å²) >= 11 is 7.59. The Kier molecular flexibility index (Phi) is 5.45. The summed E-state index contributed by atoms with van der Waals surface area (Å²) in [6.07, 6.45) is 4.88. The molecule has 4 rings (SSSR count). The van der Waals surface area contributed by atoms with Crippen LogP contribution in [0.1, 0.15) is 16.1 Å². The third-order valence-corrected chi connectivity index (χ3v) is 5.44. The average Bonchev–Trinajstić information content (AvgIpc) is 3.37. The Morgan fingerprint density at radius 2 is 2.00 bits per heavy atom. The number of halogens is 1. The van der Waals surface area contributed by atoms with Crippen LogP contribution in [0.25, 0.3) is 0 Å². The first-order chi connectivity index (χ1) is 13.7. The van der Waals surface area contributed by atoms with E-state index in [9.17, 15) is 4.79 Å². The molecule has 3 aromatic heterocycles. The van der Waals surface area contributed by atoms with Crippen LogP contribution < -0.4 is 5.32 Å². The zero-order chi connectivity index (χ0) is 19.3. The summed E-state index contributed by atoms with van der Waals surface area (Å²) in [5.74, 6) is 1.04. The lowest BCUT2D eigenvalue weighted by Gasteiger charge is -2.11. The number of pyridine rings is 1. The fraction of sp³-hybridized carbons (Fsp3) is 0.0500. The first-order valence-corrected chi connectivity index (χ1v) is 9.63. The highest BCUT2D eigenvalue weighted by molar-refractivity contribution is 7.99.